The van der Waals surface area contributed by atoms with Crippen LogP contribution in [-0.4, -0.2) is 22.9 Å². The van der Waals surface area contributed by atoms with E-state index in [1.165, 1.54) is 0 Å². The molecule has 3 nitrogen and oxygen atoms in total. The Balaban J connectivity index is 3.23. The number of alkyl halides is 2. The third-order valence-electron chi connectivity index (χ3n) is 2.30. The summed E-state index contributed by atoms with van der Waals surface area (Å²) in [5.41, 5.74) is 1.27. The van der Waals surface area contributed by atoms with Gasteiger partial charge in [0, 0.05) is 6.26 Å². The van der Waals surface area contributed by atoms with Gasteiger partial charge in [0.1, 0.15) is 6.10 Å². The fourth-order valence-corrected chi connectivity index (χ4v) is 2.17. The van der Waals surface area contributed by atoms with E-state index >= 15 is 0 Å². The summed E-state index contributed by atoms with van der Waals surface area (Å²) in [6.07, 6.45) is -0.360. The second kappa shape index (κ2) is 4.64. The van der Waals surface area contributed by atoms with Crippen molar-refractivity contribution in [3.05, 3.63) is 35.4 Å². The maximum Gasteiger partial charge on any atom is 0.228 e. The van der Waals surface area contributed by atoms with Gasteiger partial charge in [0.05, 0.1) is 0 Å². The first-order chi connectivity index (χ1) is 7.18. The first kappa shape index (κ1) is 14.0. The molecule has 1 rings (SSSR count). The van der Waals surface area contributed by atoms with E-state index in [2.05, 4.69) is 15.9 Å². The molecule has 1 aromatic carbocycles. The van der Waals surface area contributed by atoms with Crippen LogP contribution < -0.4 is 0 Å². The Bertz CT molecular complexity index is 485. The van der Waals surface area contributed by atoms with Gasteiger partial charge in [-0.3, -0.25) is 0 Å². The van der Waals surface area contributed by atoms with Crippen LogP contribution in [0.2, 0.25) is 0 Å². The Morgan fingerprint density at radius 2 is 1.94 bits per heavy atom. The molecule has 16 heavy (non-hydrogen) atoms. The zero-order valence-electron chi connectivity index (χ0n) is 8.81. The Labute approximate surface area is 108 Å². The number of benzene rings is 1. The highest BCUT2D eigenvalue weighted by Crippen LogP contribution is 2.42. The van der Waals surface area contributed by atoms with Crippen LogP contribution in [0.4, 0.5) is 0 Å². The molecule has 0 saturated heterocycles. The van der Waals surface area contributed by atoms with E-state index in [4.69, 9.17) is 11.6 Å². The molecule has 0 aliphatic heterocycles. The summed E-state index contributed by atoms with van der Waals surface area (Å²) >= 11 is 8.71. The lowest BCUT2D eigenvalue weighted by Crippen LogP contribution is -2.32. The first-order valence-corrected chi connectivity index (χ1v) is 7.55. The number of halogens is 2. The number of aliphatic hydroxyl groups is 1. The molecule has 0 heterocycles. The fourth-order valence-electron chi connectivity index (χ4n) is 1.28. The minimum atomic E-state index is -3.63. The molecule has 0 saturated carbocycles. The van der Waals surface area contributed by atoms with Crippen molar-refractivity contribution in [2.75, 3.05) is 6.26 Å². The Kier molecular flexibility index (Phi) is 4.05. The summed E-state index contributed by atoms with van der Waals surface area (Å²) in [7, 11) is -3.63. The maximum atomic E-state index is 11.4. The van der Waals surface area contributed by atoms with Crippen molar-refractivity contribution >= 4 is 37.4 Å². The summed E-state index contributed by atoms with van der Waals surface area (Å²) in [6.45, 7) is 1.78. The van der Waals surface area contributed by atoms with Gasteiger partial charge >= 0.3 is 0 Å². The summed E-state index contributed by atoms with van der Waals surface area (Å²) in [6, 6.07) is 6.94. The predicted octanol–water partition coefficient (Wildman–Crippen LogP) is 2.36. The molecule has 0 spiro atoms. The van der Waals surface area contributed by atoms with Crippen LogP contribution in [0.5, 0.6) is 0 Å². The van der Waals surface area contributed by atoms with Crippen molar-refractivity contribution < 1.29 is 13.5 Å². The number of rotatable bonds is 3. The van der Waals surface area contributed by atoms with Gasteiger partial charge in [-0.2, -0.15) is 0 Å². The lowest BCUT2D eigenvalue weighted by molar-refractivity contribution is 0.184. The van der Waals surface area contributed by atoms with Crippen LogP contribution in [0.1, 0.15) is 17.2 Å². The normalized spacial score (nSPS) is 17.8. The Morgan fingerprint density at radius 3 is 2.38 bits per heavy atom. The zero-order chi connectivity index (χ0) is 12.6. The molecule has 0 amide bonds. The summed E-state index contributed by atoms with van der Waals surface area (Å²) in [4.78, 5) is 0. The molecule has 0 bridgehead atoms. The molecule has 0 aliphatic rings. The molecule has 0 aromatic heterocycles. The number of hydrogen-bond donors (Lipinski definition) is 1. The van der Waals surface area contributed by atoms with E-state index in [0.29, 0.717) is 5.56 Å². The average molecular weight is 328 g/mol. The lowest BCUT2D eigenvalue weighted by Gasteiger charge is -2.25. The van der Waals surface area contributed by atoms with Crippen LogP contribution in [0, 0.1) is 6.92 Å². The molecule has 0 radical (unpaired) electrons. The van der Waals surface area contributed by atoms with Crippen LogP contribution in [0.25, 0.3) is 0 Å². The van der Waals surface area contributed by atoms with Crippen LogP contribution in [0.3, 0.4) is 0 Å². The van der Waals surface area contributed by atoms with Crippen molar-refractivity contribution in [3.63, 3.8) is 0 Å². The summed E-state index contributed by atoms with van der Waals surface area (Å²) in [5.74, 6) is 0. The van der Waals surface area contributed by atoms with E-state index < -0.39 is 19.1 Å². The highest BCUT2D eigenvalue weighted by Gasteiger charge is 2.44. The summed E-state index contributed by atoms with van der Waals surface area (Å²) in [5, 5.41) is 10.0. The minimum Gasteiger partial charge on any atom is -0.385 e. The standard InChI is InChI=1S/C10H12BrClO3S/c1-7-5-3-4-6-8(7)9(13)10(11,12)16(2,14)15/h3-6,9,13H,1-2H3/t9-,10+/m1/s1. The van der Waals surface area contributed by atoms with Crippen LogP contribution >= 0.6 is 27.5 Å². The second-order valence-electron chi connectivity index (χ2n) is 3.59. The van der Waals surface area contributed by atoms with Crippen LogP contribution in [-0.2, 0) is 9.84 Å². The van der Waals surface area contributed by atoms with Crippen LogP contribution in [0.15, 0.2) is 24.3 Å². The van der Waals surface area contributed by atoms with E-state index in [1.54, 1.807) is 31.2 Å². The van der Waals surface area contributed by atoms with Crippen molar-refractivity contribution in [1.29, 1.82) is 0 Å². The molecular weight excluding hydrogens is 316 g/mol. The largest absolute Gasteiger partial charge is 0.385 e. The van der Waals surface area contributed by atoms with Gasteiger partial charge in [0.25, 0.3) is 0 Å². The van der Waals surface area contributed by atoms with Gasteiger partial charge in [0.2, 0.25) is 3.12 Å². The topological polar surface area (TPSA) is 54.4 Å². The minimum absolute atomic E-state index is 0.486. The average Bonchev–Trinajstić information content (AvgIpc) is 2.15. The van der Waals surface area contributed by atoms with Gasteiger partial charge in [-0.25, -0.2) is 8.42 Å². The highest BCUT2D eigenvalue weighted by atomic mass is 79.9. The molecule has 0 aliphatic carbocycles. The van der Waals surface area contributed by atoms with Gasteiger partial charge in [-0.1, -0.05) is 35.9 Å². The SMILES string of the molecule is Cc1ccccc1[C@@H](O)[C@@](Cl)(Br)S(C)(=O)=O. The lowest BCUT2D eigenvalue weighted by atomic mass is 10.0. The first-order valence-electron chi connectivity index (χ1n) is 4.49. The maximum absolute atomic E-state index is 11.4. The van der Waals surface area contributed by atoms with E-state index in [1.807, 2.05) is 0 Å². The molecular formula is C10H12BrClO3S. The quantitative estimate of drug-likeness (QED) is 0.867. The molecule has 90 valence electrons. The van der Waals surface area contributed by atoms with Gasteiger partial charge in [-0.05, 0) is 34.0 Å². The van der Waals surface area contributed by atoms with Crippen molar-refractivity contribution in [1.82, 2.24) is 0 Å². The number of aryl methyl sites for hydroxylation is 1. The zero-order valence-corrected chi connectivity index (χ0v) is 12.0. The molecule has 1 N–H and O–H groups in total. The van der Waals surface area contributed by atoms with Crippen molar-refractivity contribution in [3.8, 4) is 0 Å². The molecule has 2 atom stereocenters. The third-order valence-corrected chi connectivity index (χ3v) is 6.75. The number of hydrogen-bond acceptors (Lipinski definition) is 3. The van der Waals surface area contributed by atoms with E-state index in [9.17, 15) is 13.5 Å². The van der Waals surface area contributed by atoms with E-state index in [-0.39, 0.29) is 0 Å². The highest BCUT2D eigenvalue weighted by molar-refractivity contribution is 9.12. The fraction of sp³-hybridized carbons (Fsp3) is 0.400. The summed E-state index contributed by atoms with van der Waals surface area (Å²) < 4.78 is 21.0. The second-order valence-corrected chi connectivity index (χ2v) is 8.83. The van der Waals surface area contributed by atoms with E-state index in [0.717, 1.165) is 11.8 Å². The third kappa shape index (κ3) is 2.59. The Morgan fingerprint density at radius 1 is 1.44 bits per heavy atom. The van der Waals surface area contributed by atoms with Gasteiger partial charge < -0.3 is 5.11 Å². The van der Waals surface area contributed by atoms with Crippen molar-refractivity contribution in [2.24, 2.45) is 0 Å². The Hall–Kier alpha value is -0.100. The number of aliphatic hydroxyl groups excluding tert-OH is 1. The van der Waals surface area contributed by atoms with Gasteiger partial charge in [-0.15, -0.1) is 0 Å². The molecule has 1 aromatic rings. The molecule has 6 heteroatoms. The monoisotopic (exact) mass is 326 g/mol. The van der Waals surface area contributed by atoms with Crippen molar-refractivity contribution in [2.45, 2.75) is 16.1 Å². The van der Waals surface area contributed by atoms with Gasteiger partial charge in [0.15, 0.2) is 9.84 Å². The smallest absolute Gasteiger partial charge is 0.228 e. The molecule has 0 fully saturated rings. The number of sulfone groups is 1. The predicted molar refractivity (Wildman–Crippen MR) is 68.5 cm³/mol. The molecule has 0 unspecified atom stereocenters.